The Morgan fingerprint density at radius 1 is 0.941 bits per heavy atom. The highest BCUT2D eigenvalue weighted by Gasteiger charge is 2.37. The molecule has 0 radical (unpaired) electrons. The smallest absolute Gasteiger partial charge is 0.309 e. The minimum atomic E-state index is -0.796. The van der Waals surface area contributed by atoms with Crippen molar-refractivity contribution >= 4 is 11.9 Å². The number of carboxylic acid groups (broad SMARTS) is 2. The lowest BCUT2D eigenvalue weighted by atomic mass is 9.76. The molecule has 0 aliphatic heterocycles. The molecule has 0 unspecified atom stereocenters. The minimum Gasteiger partial charge on any atom is -0.481 e. The first-order valence-electron chi connectivity index (χ1n) is 6.52. The highest BCUT2D eigenvalue weighted by molar-refractivity contribution is 5.74. The molecule has 2 N–H and O–H groups in total. The lowest BCUT2D eigenvalue weighted by Gasteiger charge is -2.27. The highest BCUT2D eigenvalue weighted by Crippen LogP contribution is 2.39. The van der Waals surface area contributed by atoms with E-state index in [-0.39, 0.29) is 6.42 Å². The van der Waals surface area contributed by atoms with Gasteiger partial charge in [-0.2, -0.15) is 0 Å². The predicted octanol–water partition coefficient (Wildman–Crippen LogP) is 3.06. The van der Waals surface area contributed by atoms with Crippen molar-refractivity contribution in [2.45, 2.75) is 64.2 Å². The molecule has 0 aromatic rings. The van der Waals surface area contributed by atoms with Crippen LogP contribution in [0.5, 0.6) is 0 Å². The lowest BCUT2D eigenvalue weighted by Crippen LogP contribution is -2.30. The maximum Gasteiger partial charge on any atom is 0.309 e. The van der Waals surface area contributed by atoms with E-state index >= 15 is 0 Å². The number of hydrogen-bond acceptors (Lipinski definition) is 2. The average molecular weight is 242 g/mol. The van der Waals surface area contributed by atoms with E-state index in [4.69, 9.17) is 5.11 Å². The monoisotopic (exact) mass is 242 g/mol. The fourth-order valence-electron chi connectivity index (χ4n) is 2.72. The van der Waals surface area contributed by atoms with Gasteiger partial charge in [-0.05, 0) is 25.7 Å². The van der Waals surface area contributed by atoms with Crippen molar-refractivity contribution in [3.63, 3.8) is 0 Å². The van der Waals surface area contributed by atoms with Crippen LogP contribution in [-0.4, -0.2) is 22.2 Å². The number of carbonyl (C=O) groups is 2. The Hall–Kier alpha value is -1.06. The van der Waals surface area contributed by atoms with Crippen molar-refractivity contribution < 1.29 is 19.8 Å². The lowest BCUT2D eigenvalue weighted by molar-refractivity contribution is -0.150. The molecule has 1 aliphatic carbocycles. The molecule has 0 atom stereocenters. The maximum absolute atomic E-state index is 11.4. The van der Waals surface area contributed by atoms with Crippen molar-refractivity contribution in [3.8, 4) is 0 Å². The topological polar surface area (TPSA) is 74.6 Å². The van der Waals surface area contributed by atoms with Gasteiger partial charge in [-0.1, -0.05) is 32.1 Å². The van der Waals surface area contributed by atoms with E-state index in [1.54, 1.807) is 0 Å². The molecule has 0 saturated heterocycles. The molecule has 0 aromatic heterocycles. The fourth-order valence-corrected chi connectivity index (χ4v) is 2.72. The van der Waals surface area contributed by atoms with Crippen LogP contribution >= 0.6 is 0 Å². The van der Waals surface area contributed by atoms with Gasteiger partial charge in [0.15, 0.2) is 0 Å². The van der Waals surface area contributed by atoms with Crippen LogP contribution in [0.25, 0.3) is 0 Å². The third-order valence-corrected chi connectivity index (χ3v) is 3.81. The van der Waals surface area contributed by atoms with Gasteiger partial charge < -0.3 is 10.2 Å². The second-order valence-electron chi connectivity index (χ2n) is 5.10. The number of rotatable bonds is 6. The van der Waals surface area contributed by atoms with Gasteiger partial charge in [-0.25, -0.2) is 0 Å². The molecule has 0 amide bonds. The van der Waals surface area contributed by atoms with E-state index in [0.29, 0.717) is 19.3 Å². The second kappa shape index (κ2) is 6.62. The number of aliphatic carboxylic acids is 2. The number of hydrogen-bond donors (Lipinski definition) is 2. The summed E-state index contributed by atoms with van der Waals surface area (Å²) < 4.78 is 0. The van der Waals surface area contributed by atoms with Crippen LogP contribution in [0, 0.1) is 5.41 Å². The summed E-state index contributed by atoms with van der Waals surface area (Å²) in [5, 5.41) is 18.0. The van der Waals surface area contributed by atoms with Gasteiger partial charge in [0.2, 0.25) is 0 Å². The molecule has 0 heterocycles. The summed E-state index contributed by atoms with van der Waals surface area (Å²) in [6.07, 6.45) is 7.84. The molecule has 17 heavy (non-hydrogen) atoms. The van der Waals surface area contributed by atoms with E-state index in [1.807, 2.05) is 0 Å². The van der Waals surface area contributed by atoms with Gasteiger partial charge in [-0.3, -0.25) is 9.59 Å². The van der Waals surface area contributed by atoms with Crippen LogP contribution in [0.3, 0.4) is 0 Å². The molecular weight excluding hydrogens is 220 g/mol. The minimum absolute atomic E-state index is 0.149. The first-order valence-corrected chi connectivity index (χ1v) is 6.52. The SMILES string of the molecule is O=C(O)CCCCC1(C(=O)O)CCCCCC1. The zero-order valence-corrected chi connectivity index (χ0v) is 10.3. The van der Waals surface area contributed by atoms with Crippen molar-refractivity contribution in [3.05, 3.63) is 0 Å². The Balaban J connectivity index is 2.46. The zero-order valence-electron chi connectivity index (χ0n) is 10.3. The van der Waals surface area contributed by atoms with Crippen molar-refractivity contribution in [1.82, 2.24) is 0 Å². The molecule has 1 saturated carbocycles. The van der Waals surface area contributed by atoms with Crippen molar-refractivity contribution in [2.24, 2.45) is 5.41 Å². The molecular formula is C13H22O4. The molecule has 0 spiro atoms. The quantitative estimate of drug-likeness (QED) is 0.554. The van der Waals surface area contributed by atoms with E-state index < -0.39 is 17.4 Å². The van der Waals surface area contributed by atoms with Crippen LogP contribution in [0.4, 0.5) is 0 Å². The molecule has 1 aliphatic rings. The van der Waals surface area contributed by atoms with E-state index in [2.05, 4.69) is 0 Å². The largest absolute Gasteiger partial charge is 0.481 e. The Bertz CT molecular complexity index is 265. The predicted molar refractivity (Wildman–Crippen MR) is 63.9 cm³/mol. The summed E-state index contributed by atoms with van der Waals surface area (Å²) in [6.45, 7) is 0. The third-order valence-electron chi connectivity index (χ3n) is 3.81. The van der Waals surface area contributed by atoms with Gasteiger partial charge in [0.1, 0.15) is 0 Å². The van der Waals surface area contributed by atoms with E-state index in [1.165, 1.54) is 0 Å². The zero-order chi connectivity index (χ0) is 12.7. The standard InChI is InChI=1S/C13H22O4/c14-11(15)7-3-6-10-13(12(16)17)8-4-1-2-5-9-13/h1-10H2,(H,14,15)(H,16,17). The Morgan fingerprint density at radius 2 is 1.53 bits per heavy atom. The summed E-state index contributed by atoms with van der Waals surface area (Å²) in [4.78, 5) is 21.8. The van der Waals surface area contributed by atoms with Gasteiger partial charge >= 0.3 is 11.9 Å². The summed E-state index contributed by atoms with van der Waals surface area (Å²) in [7, 11) is 0. The summed E-state index contributed by atoms with van der Waals surface area (Å²) in [5.74, 6) is -1.48. The van der Waals surface area contributed by atoms with E-state index in [9.17, 15) is 14.7 Å². The first-order chi connectivity index (χ1) is 8.07. The van der Waals surface area contributed by atoms with Crippen LogP contribution < -0.4 is 0 Å². The van der Waals surface area contributed by atoms with Gasteiger partial charge in [0.05, 0.1) is 5.41 Å². The van der Waals surface area contributed by atoms with Crippen LogP contribution in [0.2, 0.25) is 0 Å². The van der Waals surface area contributed by atoms with Gasteiger partial charge in [-0.15, -0.1) is 0 Å². The van der Waals surface area contributed by atoms with Crippen molar-refractivity contribution in [1.29, 1.82) is 0 Å². The van der Waals surface area contributed by atoms with Crippen LogP contribution in [0.15, 0.2) is 0 Å². The Kier molecular flexibility index (Phi) is 5.45. The molecule has 4 heteroatoms. The summed E-state index contributed by atoms with van der Waals surface area (Å²) in [6, 6.07) is 0. The van der Waals surface area contributed by atoms with E-state index in [0.717, 1.165) is 38.5 Å². The van der Waals surface area contributed by atoms with Gasteiger partial charge in [0.25, 0.3) is 0 Å². The molecule has 0 aromatic carbocycles. The normalized spacial score (nSPS) is 19.5. The molecule has 0 bridgehead atoms. The first kappa shape index (κ1) is 14.0. The highest BCUT2D eigenvalue weighted by atomic mass is 16.4. The molecule has 98 valence electrons. The van der Waals surface area contributed by atoms with Crippen LogP contribution in [0.1, 0.15) is 64.2 Å². The summed E-state index contributed by atoms with van der Waals surface area (Å²) in [5.41, 5.74) is -0.574. The molecule has 1 fully saturated rings. The number of unbranched alkanes of at least 4 members (excludes halogenated alkanes) is 1. The molecule has 4 nitrogen and oxygen atoms in total. The molecule has 1 rings (SSSR count). The van der Waals surface area contributed by atoms with Crippen LogP contribution in [-0.2, 0) is 9.59 Å². The Labute approximate surface area is 102 Å². The maximum atomic E-state index is 11.4. The Morgan fingerprint density at radius 3 is 2.00 bits per heavy atom. The average Bonchev–Trinajstić information content (AvgIpc) is 2.50. The van der Waals surface area contributed by atoms with Gasteiger partial charge in [0, 0.05) is 6.42 Å². The second-order valence-corrected chi connectivity index (χ2v) is 5.10. The summed E-state index contributed by atoms with van der Waals surface area (Å²) >= 11 is 0. The fraction of sp³-hybridized carbons (Fsp3) is 0.846. The van der Waals surface area contributed by atoms with Crippen molar-refractivity contribution in [2.75, 3.05) is 0 Å². The third kappa shape index (κ3) is 4.36. The number of carboxylic acids is 2.